The third-order valence-corrected chi connectivity index (χ3v) is 5.99. The van der Waals surface area contributed by atoms with Gasteiger partial charge in [0.05, 0.1) is 0 Å². The van der Waals surface area contributed by atoms with Gasteiger partial charge in [-0.15, -0.1) is 0 Å². The van der Waals surface area contributed by atoms with Crippen molar-refractivity contribution in [3.8, 4) is 0 Å². The number of fused-ring (bicyclic) bond motifs is 1. The van der Waals surface area contributed by atoms with E-state index in [0.717, 1.165) is 11.1 Å². The van der Waals surface area contributed by atoms with Crippen LogP contribution < -0.4 is 0 Å². The highest BCUT2D eigenvalue weighted by Gasteiger charge is 2.58. The predicted octanol–water partition coefficient (Wildman–Crippen LogP) is 6.27. The molecule has 2 atom stereocenters. The highest BCUT2D eigenvalue weighted by Crippen LogP contribution is 2.55. The molecular formula is C27H23NO. The lowest BCUT2D eigenvalue weighted by molar-refractivity contribution is 0.0854. The fourth-order valence-electron chi connectivity index (χ4n) is 4.63. The molecule has 2 aliphatic rings. The minimum absolute atomic E-state index is 0.557. The largest absolute Gasteiger partial charge is 0.463 e. The highest BCUT2D eigenvalue weighted by atomic mass is 16.5. The van der Waals surface area contributed by atoms with Gasteiger partial charge in [-0.05, 0) is 41.3 Å². The number of ether oxygens (including phenoxy) is 1. The zero-order valence-corrected chi connectivity index (χ0v) is 16.7. The zero-order valence-electron chi connectivity index (χ0n) is 16.7. The van der Waals surface area contributed by atoms with Crippen molar-refractivity contribution >= 4 is 17.0 Å². The molecule has 3 aromatic carbocycles. The summed E-state index contributed by atoms with van der Waals surface area (Å²) >= 11 is 0. The fraction of sp³-hybridized carbons (Fsp3) is 0.148. The van der Waals surface area contributed by atoms with Gasteiger partial charge in [0.15, 0.2) is 11.5 Å². The van der Waals surface area contributed by atoms with Gasteiger partial charge in [-0.1, -0.05) is 91.0 Å². The molecule has 0 radical (unpaired) electrons. The molecule has 29 heavy (non-hydrogen) atoms. The molecule has 1 heterocycles. The standard InChI is InChI=1S/C27H23NO/c1-20-28-26(2)25(22-14-8-4-9-15-22)18-23(21-12-6-3-7-13-21)19-27(26,29-20)24-16-10-5-11-17-24/h3-19H,1-2H3. The van der Waals surface area contributed by atoms with Crippen LogP contribution in [0.15, 0.2) is 108 Å². The van der Waals surface area contributed by atoms with Gasteiger partial charge in [-0.3, -0.25) is 0 Å². The second-order valence-electron chi connectivity index (χ2n) is 7.80. The zero-order chi connectivity index (χ0) is 19.9. The van der Waals surface area contributed by atoms with Crippen LogP contribution in [0, 0.1) is 0 Å². The molecule has 2 nitrogen and oxygen atoms in total. The molecule has 0 aromatic heterocycles. The maximum absolute atomic E-state index is 6.58. The van der Waals surface area contributed by atoms with Crippen LogP contribution in [0.25, 0.3) is 11.1 Å². The molecule has 0 saturated heterocycles. The molecule has 0 fully saturated rings. The van der Waals surface area contributed by atoms with Gasteiger partial charge in [-0.2, -0.15) is 0 Å². The van der Waals surface area contributed by atoms with Gasteiger partial charge in [0.2, 0.25) is 0 Å². The summed E-state index contributed by atoms with van der Waals surface area (Å²) in [4.78, 5) is 5.06. The van der Waals surface area contributed by atoms with Gasteiger partial charge in [0.1, 0.15) is 5.54 Å². The maximum atomic E-state index is 6.58. The van der Waals surface area contributed by atoms with Crippen LogP contribution in [-0.2, 0) is 10.3 Å². The fourth-order valence-corrected chi connectivity index (χ4v) is 4.63. The van der Waals surface area contributed by atoms with E-state index in [2.05, 4.69) is 91.9 Å². The summed E-state index contributed by atoms with van der Waals surface area (Å²) in [6.07, 6.45) is 4.53. The van der Waals surface area contributed by atoms with Gasteiger partial charge in [-0.25, -0.2) is 4.99 Å². The first kappa shape index (κ1) is 17.7. The lowest BCUT2D eigenvalue weighted by Crippen LogP contribution is -2.47. The van der Waals surface area contributed by atoms with Crippen LogP contribution in [0.2, 0.25) is 0 Å². The van der Waals surface area contributed by atoms with E-state index in [1.165, 1.54) is 16.7 Å². The van der Waals surface area contributed by atoms with Gasteiger partial charge < -0.3 is 4.74 Å². The first-order valence-corrected chi connectivity index (χ1v) is 9.99. The Labute approximate surface area is 171 Å². The van der Waals surface area contributed by atoms with E-state index < -0.39 is 11.1 Å². The second-order valence-corrected chi connectivity index (χ2v) is 7.80. The van der Waals surface area contributed by atoms with E-state index in [9.17, 15) is 0 Å². The number of hydrogen-bond donors (Lipinski definition) is 0. The van der Waals surface area contributed by atoms with Gasteiger partial charge >= 0.3 is 0 Å². The summed E-state index contributed by atoms with van der Waals surface area (Å²) in [7, 11) is 0. The molecule has 1 aliphatic heterocycles. The minimum Gasteiger partial charge on any atom is -0.463 e. The van der Waals surface area contributed by atoms with Crippen LogP contribution in [0.3, 0.4) is 0 Å². The Morgan fingerprint density at radius 3 is 1.90 bits per heavy atom. The van der Waals surface area contributed by atoms with Crippen molar-refractivity contribution in [2.75, 3.05) is 0 Å². The molecule has 1 aliphatic carbocycles. The van der Waals surface area contributed by atoms with Gasteiger partial charge in [0, 0.05) is 12.5 Å². The van der Waals surface area contributed by atoms with Crippen LogP contribution in [0.4, 0.5) is 0 Å². The summed E-state index contributed by atoms with van der Waals surface area (Å²) in [6, 6.07) is 31.5. The molecule has 2 heteroatoms. The molecule has 0 saturated carbocycles. The molecule has 5 rings (SSSR count). The van der Waals surface area contributed by atoms with E-state index in [1.807, 2.05) is 25.1 Å². The van der Waals surface area contributed by atoms with Crippen molar-refractivity contribution < 1.29 is 4.74 Å². The molecule has 3 aromatic rings. The smallest absolute Gasteiger partial charge is 0.183 e. The van der Waals surface area contributed by atoms with E-state index in [1.54, 1.807) is 0 Å². The Bertz CT molecular complexity index is 1130. The lowest BCUT2D eigenvalue weighted by atomic mass is 9.66. The van der Waals surface area contributed by atoms with Crippen LogP contribution in [-0.4, -0.2) is 11.4 Å². The van der Waals surface area contributed by atoms with Crippen molar-refractivity contribution in [2.45, 2.75) is 25.0 Å². The normalized spacial score (nSPS) is 25.4. The molecule has 142 valence electrons. The number of hydrogen-bond acceptors (Lipinski definition) is 2. The Kier molecular flexibility index (Phi) is 4.02. The SMILES string of the molecule is CC1=NC2(C)C(c3ccccc3)=CC(c3ccccc3)=CC2(c2ccccc2)O1. The van der Waals surface area contributed by atoms with E-state index in [-0.39, 0.29) is 0 Å². The van der Waals surface area contributed by atoms with E-state index in [0.29, 0.717) is 5.90 Å². The average molecular weight is 377 g/mol. The summed E-state index contributed by atoms with van der Waals surface area (Å²) in [6.45, 7) is 4.14. The van der Waals surface area contributed by atoms with E-state index >= 15 is 0 Å². The second kappa shape index (κ2) is 6.59. The Morgan fingerprint density at radius 2 is 1.28 bits per heavy atom. The van der Waals surface area contributed by atoms with Crippen LogP contribution >= 0.6 is 0 Å². The number of benzene rings is 3. The Balaban J connectivity index is 1.82. The molecule has 0 bridgehead atoms. The Hall–Kier alpha value is -3.39. The van der Waals surface area contributed by atoms with Crippen LogP contribution in [0.5, 0.6) is 0 Å². The topological polar surface area (TPSA) is 21.6 Å². The van der Waals surface area contributed by atoms with Crippen LogP contribution in [0.1, 0.15) is 30.5 Å². The lowest BCUT2D eigenvalue weighted by Gasteiger charge is -2.43. The minimum atomic E-state index is -0.691. The predicted molar refractivity (Wildman–Crippen MR) is 120 cm³/mol. The summed E-state index contributed by atoms with van der Waals surface area (Å²) in [5, 5.41) is 0. The molecule has 0 amide bonds. The van der Waals surface area contributed by atoms with Crippen molar-refractivity contribution in [2.24, 2.45) is 4.99 Å². The molecule has 0 spiro atoms. The number of aliphatic imine (C=N–C) groups is 1. The van der Waals surface area contributed by atoms with Crippen molar-refractivity contribution in [3.63, 3.8) is 0 Å². The summed E-state index contributed by atoms with van der Waals surface area (Å²) < 4.78 is 6.58. The van der Waals surface area contributed by atoms with Crippen molar-refractivity contribution in [1.29, 1.82) is 0 Å². The molecule has 2 unspecified atom stereocenters. The quantitative estimate of drug-likeness (QED) is 0.527. The molecular weight excluding hydrogens is 354 g/mol. The summed E-state index contributed by atoms with van der Waals surface area (Å²) in [5.74, 6) is 0.712. The highest BCUT2D eigenvalue weighted by molar-refractivity contribution is 5.95. The first-order chi connectivity index (χ1) is 14.1. The number of allylic oxidation sites excluding steroid dienone is 2. The third kappa shape index (κ3) is 2.67. The Morgan fingerprint density at radius 1 is 0.724 bits per heavy atom. The number of rotatable bonds is 3. The molecule has 0 N–H and O–H groups in total. The number of nitrogens with zero attached hydrogens (tertiary/aromatic N) is 1. The summed E-state index contributed by atoms with van der Waals surface area (Å²) in [5.41, 5.74) is 4.51. The first-order valence-electron chi connectivity index (χ1n) is 9.99. The monoisotopic (exact) mass is 377 g/mol. The maximum Gasteiger partial charge on any atom is 0.183 e. The van der Waals surface area contributed by atoms with Gasteiger partial charge in [0.25, 0.3) is 0 Å². The van der Waals surface area contributed by atoms with Crippen molar-refractivity contribution in [3.05, 3.63) is 120 Å². The average Bonchev–Trinajstić information content (AvgIpc) is 3.05. The van der Waals surface area contributed by atoms with E-state index in [4.69, 9.17) is 9.73 Å². The van der Waals surface area contributed by atoms with Crippen molar-refractivity contribution in [1.82, 2.24) is 0 Å². The third-order valence-electron chi connectivity index (χ3n) is 5.99.